The number of aryl methyl sites for hydroxylation is 6. The Morgan fingerprint density at radius 2 is 0.893 bits per heavy atom. The van der Waals surface area contributed by atoms with Crippen molar-refractivity contribution >= 4 is 28.4 Å². The van der Waals surface area contributed by atoms with E-state index in [4.69, 9.17) is 0 Å². The second kappa shape index (κ2) is 11.7. The van der Waals surface area contributed by atoms with E-state index in [1.54, 1.807) is 0 Å². The molecule has 148 valence electrons. The average Bonchev–Trinajstić information content (AvgIpc) is 3.12. The van der Waals surface area contributed by atoms with Gasteiger partial charge in [-0.3, -0.25) is 0 Å². The molecule has 2 radical (unpaired) electrons. The molecule has 0 aliphatic heterocycles. The standard InChI is InChI=1S/2C12H13.2CH3.Si.Zr/c2*1-8-4-10(3)12-7-9(2)6-11(12)5-8;;;;/h2*4-7H,1-3H3;2*1H3;;/q4*-1;;. The Labute approximate surface area is 189 Å². The predicted octanol–water partition coefficient (Wildman–Crippen LogP) is 7.49. The second-order valence-electron chi connectivity index (χ2n) is 7.23. The molecule has 0 amide bonds. The van der Waals surface area contributed by atoms with E-state index in [-0.39, 0.29) is 14.9 Å². The van der Waals surface area contributed by atoms with Crippen molar-refractivity contribution in [3.05, 3.63) is 96.8 Å². The topological polar surface area (TPSA) is 0 Å². The van der Waals surface area contributed by atoms with Crippen LogP contribution in [0.25, 0.3) is 21.5 Å². The summed E-state index contributed by atoms with van der Waals surface area (Å²) in [5, 5.41) is 5.56. The molecule has 0 spiro atoms. The third kappa shape index (κ3) is 6.39. The number of hydrogen-bond donors (Lipinski definition) is 0. The van der Waals surface area contributed by atoms with Crippen molar-refractivity contribution in [2.24, 2.45) is 0 Å². The van der Waals surface area contributed by atoms with Crippen LogP contribution in [0.3, 0.4) is 0 Å². The van der Waals surface area contributed by atoms with E-state index in [1.165, 1.54) is 78.3 Å². The van der Waals surface area contributed by atoms with Gasteiger partial charge in [0.25, 0.3) is 0 Å². The maximum atomic E-state index is 3.06. The zero-order chi connectivity index (χ0) is 19.4. The number of rotatable bonds is 0. The molecule has 0 unspecified atom stereocenters. The Hall–Kier alpha value is -1.24. The van der Waals surface area contributed by atoms with Gasteiger partial charge in [0.15, 0.2) is 0 Å². The summed E-state index contributed by atoms with van der Waals surface area (Å²) in [5.74, 6) is 0. The Balaban J connectivity index is 0.000000449. The summed E-state index contributed by atoms with van der Waals surface area (Å²) in [6.07, 6.45) is 0. The van der Waals surface area contributed by atoms with Gasteiger partial charge in [0.2, 0.25) is 0 Å². The van der Waals surface area contributed by atoms with Gasteiger partial charge in [0.05, 0.1) is 0 Å². The zero-order valence-electron chi connectivity index (χ0n) is 18.6. The van der Waals surface area contributed by atoms with Gasteiger partial charge < -0.3 is 14.9 Å². The molecular weight excluding hydrogens is 432 g/mol. The van der Waals surface area contributed by atoms with Crippen molar-refractivity contribution in [2.45, 2.75) is 41.5 Å². The van der Waals surface area contributed by atoms with Gasteiger partial charge in [-0.15, -0.1) is 56.9 Å². The van der Waals surface area contributed by atoms with Crippen molar-refractivity contribution in [2.75, 3.05) is 0 Å². The Morgan fingerprint density at radius 1 is 0.571 bits per heavy atom. The first-order chi connectivity index (χ1) is 12.3. The third-order valence-corrected chi connectivity index (χ3v) is 4.64. The van der Waals surface area contributed by atoms with Crippen molar-refractivity contribution in [3.8, 4) is 0 Å². The van der Waals surface area contributed by atoms with Gasteiger partial charge in [0.1, 0.15) is 0 Å². The minimum atomic E-state index is 0. The van der Waals surface area contributed by atoms with Crippen molar-refractivity contribution in [1.82, 2.24) is 0 Å². The molecule has 0 bridgehead atoms. The van der Waals surface area contributed by atoms with Gasteiger partial charge in [-0.05, 0) is 27.7 Å². The van der Waals surface area contributed by atoms with Crippen molar-refractivity contribution in [1.29, 1.82) is 0 Å². The number of fused-ring (bicyclic) bond motifs is 2. The Morgan fingerprint density at radius 3 is 1.21 bits per heavy atom. The second-order valence-corrected chi connectivity index (χ2v) is 7.23. The molecule has 0 saturated heterocycles. The monoisotopic (exact) mass is 462 g/mol. The molecule has 0 fully saturated rings. The summed E-state index contributed by atoms with van der Waals surface area (Å²) in [5.41, 5.74) is 8.20. The summed E-state index contributed by atoms with van der Waals surface area (Å²) in [6.45, 7) is 16.0. The van der Waals surface area contributed by atoms with Gasteiger partial charge in [-0.2, -0.15) is 12.1 Å². The van der Waals surface area contributed by atoms with Gasteiger partial charge in [-0.1, -0.05) is 48.2 Å². The van der Waals surface area contributed by atoms with E-state index in [0.717, 1.165) is 0 Å². The van der Waals surface area contributed by atoms with Gasteiger partial charge in [-0.25, -0.2) is 0 Å². The van der Waals surface area contributed by atoms with Gasteiger partial charge >= 0.3 is 30.2 Å². The van der Waals surface area contributed by atoms with Gasteiger partial charge in [0, 0.05) is 0 Å². The van der Waals surface area contributed by atoms with E-state index in [1.807, 2.05) is 0 Å². The molecule has 0 aliphatic rings. The van der Waals surface area contributed by atoms with Crippen LogP contribution in [0.5, 0.6) is 0 Å². The third-order valence-electron chi connectivity index (χ3n) is 4.64. The summed E-state index contributed by atoms with van der Waals surface area (Å²) in [7, 11) is 0. The van der Waals surface area contributed by atoms with E-state index in [0.29, 0.717) is 0 Å². The number of hydrogen-bond acceptors (Lipinski definition) is 0. The molecule has 4 aromatic rings. The molecule has 28 heavy (non-hydrogen) atoms. The molecule has 0 nitrogen and oxygen atoms in total. The molecular formula is C26H32SiZr-4. The molecule has 4 aromatic carbocycles. The van der Waals surface area contributed by atoms with E-state index >= 15 is 0 Å². The van der Waals surface area contributed by atoms with Crippen LogP contribution < -0.4 is 0 Å². The van der Waals surface area contributed by atoms with E-state index in [9.17, 15) is 0 Å². The maximum absolute atomic E-state index is 3.06. The first kappa shape index (κ1) is 26.8. The molecule has 0 heterocycles. The van der Waals surface area contributed by atoms with E-state index in [2.05, 4.69) is 97.0 Å². The van der Waals surface area contributed by atoms with E-state index < -0.39 is 0 Å². The van der Waals surface area contributed by atoms with Crippen LogP contribution in [0.15, 0.2) is 48.5 Å². The molecule has 0 aliphatic carbocycles. The first-order valence-electron chi connectivity index (χ1n) is 8.87. The fourth-order valence-electron chi connectivity index (χ4n) is 3.69. The normalized spacial score (nSPS) is 9.46. The van der Waals surface area contributed by atoms with Crippen LogP contribution in [0.2, 0.25) is 0 Å². The first-order valence-corrected chi connectivity index (χ1v) is 13.1. The van der Waals surface area contributed by atoms with Crippen molar-refractivity contribution in [3.63, 3.8) is 0 Å². The predicted molar refractivity (Wildman–Crippen MR) is 126 cm³/mol. The molecule has 2 heteroatoms. The minimum absolute atomic E-state index is 0. The molecule has 0 aromatic heterocycles. The number of benzene rings is 2. The Bertz CT molecular complexity index is 950. The molecule has 4 rings (SSSR count). The summed E-state index contributed by atoms with van der Waals surface area (Å²) in [6, 6.07) is 18.0. The molecule has 0 atom stereocenters. The van der Waals surface area contributed by atoms with Crippen molar-refractivity contribution < 1.29 is 23.3 Å². The van der Waals surface area contributed by atoms with Crippen LogP contribution >= 0.6 is 0 Å². The quantitative estimate of drug-likeness (QED) is 0.187. The summed E-state index contributed by atoms with van der Waals surface area (Å²) in [4.78, 5) is 0. The van der Waals surface area contributed by atoms with Crippen LogP contribution in [0.4, 0.5) is 0 Å². The van der Waals surface area contributed by atoms with Crippen LogP contribution in [-0.2, 0) is 23.3 Å². The molecule has 0 saturated carbocycles. The SMILES string of the molecule is Cc1cc(C)c2cc(C)[cH-]c2c1.Cc1cc(C)c2cc(C)[cH-]c2c1.[CH3-].[CH3-].[Si]=[Zr]. The van der Waals surface area contributed by atoms with Crippen LogP contribution in [-0.4, -0.2) is 6.88 Å². The molecule has 0 N–H and O–H groups in total. The average molecular weight is 464 g/mol. The fraction of sp³-hybridized carbons (Fsp3) is 0.231. The zero-order valence-corrected chi connectivity index (χ0v) is 22.1. The fourth-order valence-corrected chi connectivity index (χ4v) is 3.69. The Kier molecular flexibility index (Phi) is 11.2. The van der Waals surface area contributed by atoms with Crippen LogP contribution in [0, 0.1) is 56.4 Å². The van der Waals surface area contributed by atoms with Crippen LogP contribution in [0.1, 0.15) is 33.4 Å². The summed E-state index contributed by atoms with van der Waals surface area (Å²) >= 11 is 1.36. The summed E-state index contributed by atoms with van der Waals surface area (Å²) < 4.78 is 0.